The Balaban J connectivity index is 2.25. The second-order valence-corrected chi connectivity index (χ2v) is 5.96. The molecule has 0 aromatic carbocycles. The molecule has 2 heterocycles. The number of rotatable bonds is 4. The second kappa shape index (κ2) is 5.46. The van der Waals surface area contributed by atoms with E-state index in [2.05, 4.69) is 13.8 Å². The smallest absolute Gasteiger partial charge is 0.125 e. The van der Waals surface area contributed by atoms with Crippen molar-refractivity contribution < 1.29 is 4.74 Å². The average molecular weight is 254 g/mol. The standard InChI is InChI=1S/C13H22N2OS/c1-3-6-10-11(9-14)17-12(15-10)13(2)7-4-5-8-16-13/h3-9,14H2,1-2H3. The second-order valence-electron chi connectivity index (χ2n) is 4.88. The molecule has 4 heteroatoms. The van der Waals surface area contributed by atoms with E-state index in [0.717, 1.165) is 30.9 Å². The summed E-state index contributed by atoms with van der Waals surface area (Å²) in [7, 11) is 0. The van der Waals surface area contributed by atoms with E-state index in [1.807, 2.05) is 0 Å². The molecule has 0 amide bonds. The van der Waals surface area contributed by atoms with Crippen LogP contribution in [0.5, 0.6) is 0 Å². The third-order valence-corrected chi connectivity index (χ3v) is 4.74. The van der Waals surface area contributed by atoms with Crippen LogP contribution in [0.25, 0.3) is 0 Å². The van der Waals surface area contributed by atoms with Gasteiger partial charge in [-0.3, -0.25) is 0 Å². The molecule has 0 spiro atoms. The Morgan fingerprint density at radius 1 is 1.47 bits per heavy atom. The molecule has 1 fully saturated rings. The van der Waals surface area contributed by atoms with Gasteiger partial charge in [-0.2, -0.15) is 0 Å². The molecule has 2 rings (SSSR count). The van der Waals surface area contributed by atoms with Crippen LogP contribution in [-0.2, 0) is 23.3 Å². The van der Waals surface area contributed by atoms with Crippen molar-refractivity contribution in [2.24, 2.45) is 5.73 Å². The van der Waals surface area contributed by atoms with Crippen molar-refractivity contribution in [3.63, 3.8) is 0 Å². The highest BCUT2D eigenvalue weighted by Crippen LogP contribution is 2.38. The molecule has 1 aliphatic heterocycles. The number of nitrogens with two attached hydrogens (primary N) is 1. The molecule has 3 nitrogen and oxygen atoms in total. The predicted octanol–water partition coefficient (Wildman–Crippen LogP) is 2.97. The molecule has 2 N–H and O–H groups in total. The summed E-state index contributed by atoms with van der Waals surface area (Å²) in [5.74, 6) is 0. The lowest BCUT2D eigenvalue weighted by Crippen LogP contribution is -2.30. The molecule has 1 aliphatic rings. The Bertz CT molecular complexity index is 369. The SMILES string of the molecule is CCCc1nc(C2(C)CCCCO2)sc1CN. The van der Waals surface area contributed by atoms with Crippen molar-refractivity contribution in [1.29, 1.82) is 0 Å². The van der Waals surface area contributed by atoms with E-state index in [4.69, 9.17) is 15.5 Å². The van der Waals surface area contributed by atoms with Crippen LogP contribution in [0.2, 0.25) is 0 Å². The highest BCUT2D eigenvalue weighted by molar-refractivity contribution is 7.11. The maximum atomic E-state index is 5.95. The molecule has 1 aromatic heterocycles. The predicted molar refractivity (Wildman–Crippen MR) is 71.2 cm³/mol. The fraction of sp³-hybridized carbons (Fsp3) is 0.769. The van der Waals surface area contributed by atoms with E-state index in [9.17, 15) is 0 Å². The van der Waals surface area contributed by atoms with Gasteiger partial charge in [0.05, 0.1) is 5.69 Å². The first-order valence-corrected chi connectivity index (χ1v) is 7.34. The van der Waals surface area contributed by atoms with E-state index in [0.29, 0.717) is 6.54 Å². The lowest BCUT2D eigenvalue weighted by molar-refractivity contribution is -0.0702. The van der Waals surface area contributed by atoms with Crippen LogP contribution in [0.1, 0.15) is 55.1 Å². The maximum Gasteiger partial charge on any atom is 0.125 e. The first-order valence-electron chi connectivity index (χ1n) is 6.52. The van der Waals surface area contributed by atoms with Crippen molar-refractivity contribution in [2.45, 2.75) is 58.1 Å². The number of hydrogen-bond donors (Lipinski definition) is 1. The van der Waals surface area contributed by atoms with Gasteiger partial charge >= 0.3 is 0 Å². The van der Waals surface area contributed by atoms with Gasteiger partial charge < -0.3 is 10.5 Å². The van der Waals surface area contributed by atoms with Crippen LogP contribution >= 0.6 is 11.3 Å². The van der Waals surface area contributed by atoms with E-state index in [1.165, 1.54) is 23.4 Å². The highest BCUT2D eigenvalue weighted by atomic mass is 32.1. The quantitative estimate of drug-likeness (QED) is 0.898. The van der Waals surface area contributed by atoms with Gasteiger partial charge in [-0.05, 0) is 32.6 Å². The zero-order valence-electron chi connectivity index (χ0n) is 10.8. The zero-order chi connectivity index (χ0) is 12.3. The number of ether oxygens (including phenoxy) is 1. The normalized spacial score (nSPS) is 25.1. The summed E-state index contributed by atoms with van der Waals surface area (Å²) >= 11 is 1.74. The number of hydrogen-bond acceptors (Lipinski definition) is 4. The molecule has 0 aliphatic carbocycles. The van der Waals surface area contributed by atoms with Crippen LogP contribution in [0.4, 0.5) is 0 Å². The number of nitrogens with zero attached hydrogens (tertiary/aromatic N) is 1. The molecule has 0 radical (unpaired) electrons. The van der Waals surface area contributed by atoms with E-state index in [1.54, 1.807) is 11.3 Å². The van der Waals surface area contributed by atoms with Crippen LogP contribution in [0.15, 0.2) is 0 Å². The molecule has 17 heavy (non-hydrogen) atoms. The van der Waals surface area contributed by atoms with Crippen molar-refractivity contribution in [3.8, 4) is 0 Å². The largest absolute Gasteiger partial charge is 0.368 e. The minimum Gasteiger partial charge on any atom is -0.368 e. The van der Waals surface area contributed by atoms with Gasteiger partial charge in [0.1, 0.15) is 10.6 Å². The molecule has 0 bridgehead atoms. The third kappa shape index (κ3) is 2.69. The first kappa shape index (κ1) is 13.0. The van der Waals surface area contributed by atoms with E-state index >= 15 is 0 Å². The summed E-state index contributed by atoms with van der Waals surface area (Å²) in [5.41, 5.74) is 6.81. The maximum absolute atomic E-state index is 5.95. The Labute approximate surface area is 107 Å². The van der Waals surface area contributed by atoms with E-state index < -0.39 is 0 Å². The minimum atomic E-state index is -0.168. The van der Waals surface area contributed by atoms with Crippen molar-refractivity contribution >= 4 is 11.3 Å². The first-order chi connectivity index (χ1) is 8.19. The van der Waals surface area contributed by atoms with Gasteiger partial charge in [-0.15, -0.1) is 11.3 Å². The topological polar surface area (TPSA) is 48.1 Å². The Kier molecular flexibility index (Phi) is 4.17. The fourth-order valence-electron chi connectivity index (χ4n) is 2.30. The van der Waals surface area contributed by atoms with Crippen molar-refractivity contribution in [2.75, 3.05) is 6.61 Å². The molecule has 96 valence electrons. The van der Waals surface area contributed by atoms with Crippen LogP contribution in [0, 0.1) is 0 Å². The summed E-state index contributed by atoms with van der Waals surface area (Å²) in [5, 5.41) is 1.13. The Morgan fingerprint density at radius 2 is 2.29 bits per heavy atom. The number of aromatic nitrogens is 1. The van der Waals surface area contributed by atoms with Gasteiger partial charge in [0, 0.05) is 18.0 Å². The van der Waals surface area contributed by atoms with Gasteiger partial charge in [-0.25, -0.2) is 4.98 Å². The molecule has 1 unspecified atom stereocenters. The number of aryl methyl sites for hydroxylation is 1. The summed E-state index contributed by atoms with van der Waals surface area (Å²) in [6, 6.07) is 0. The van der Waals surface area contributed by atoms with E-state index in [-0.39, 0.29) is 5.60 Å². The Morgan fingerprint density at radius 3 is 2.88 bits per heavy atom. The molecule has 1 atom stereocenters. The molecule has 1 saturated heterocycles. The minimum absolute atomic E-state index is 0.168. The van der Waals surface area contributed by atoms with Crippen LogP contribution in [-0.4, -0.2) is 11.6 Å². The van der Waals surface area contributed by atoms with Crippen molar-refractivity contribution in [3.05, 3.63) is 15.6 Å². The Hall–Kier alpha value is -0.450. The summed E-state index contributed by atoms with van der Waals surface area (Å²) < 4.78 is 5.95. The summed E-state index contributed by atoms with van der Waals surface area (Å²) in [6.07, 6.45) is 5.63. The lowest BCUT2D eigenvalue weighted by Gasteiger charge is -2.31. The molecule has 0 saturated carbocycles. The average Bonchev–Trinajstić information content (AvgIpc) is 2.74. The monoisotopic (exact) mass is 254 g/mol. The fourth-order valence-corrected chi connectivity index (χ4v) is 3.42. The summed E-state index contributed by atoms with van der Waals surface area (Å²) in [4.78, 5) is 6.01. The van der Waals surface area contributed by atoms with Crippen molar-refractivity contribution in [1.82, 2.24) is 4.98 Å². The van der Waals surface area contributed by atoms with Crippen LogP contribution in [0.3, 0.4) is 0 Å². The molecular weight excluding hydrogens is 232 g/mol. The molecule has 1 aromatic rings. The highest BCUT2D eigenvalue weighted by Gasteiger charge is 2.33. The zero-order valence-corrected chi connectivity index (χ0v) is 11.6. The number of thiazole rings is 1. The van der Waals surface area contributed by atoms with Gasteiger partial charge in [0.25, 0.3) is 0 Å². The lowest BCUT2D eigenvalue weighted by atomic mass is 9.97. The van der Waals surface area contributed by atoms with Gasteiger partial charge in [0.2, 0.25) is 0 Å². The molecular formula is C13H22N2OS. The third-order valence-electron chi connectivity index (χ3n) is 3.37. The summed E-state index contributed by atoms with van der Waals surface area (Å²) in [6.45, 7) is 5.80. The van der Waals surface area contributed by atoms with Crippen LogP contribution < -0.4 is 5.73 Å². The van der Waals surface area contributed by atoms with Gasteiger partial charge in [-0.1, -0.05) is 13.3 Å². The van der Waals surface area contributed by atoms with Gasteiger partial charge in [0.15, 0.2) is 0 Å².